The number of rotatable bonds is 3. The zero-order valence-corrected chi connectivity index (χ0v) is 15.2. The Balaban J connectivity index is 1.70. The molecule has 0 spiro atoms. The summed E-state index contributed by atoms with van der Waals surface area (Å²) in [6.07, 6.45) is 2.49. The van der Waals surface area contributed by atoms with E-state index in [2.05, 4.69) is 24.3 Å². The SMILES string of the molecule is Cc1c(CC(C)C)c(=O)on1C(=O)N1CCC(c2ccccc2)CC1. The van der Waals surface area contributed by atoms with E-state index in [0.717, 1.165) is 12.8 Å². The molecule has 1 aliphatic rings. The van der Waals surface area contributed by atoms with Crippen LogP contribution in [-0.2, 0) is 6.42 Å². The number of likely N-dealkylation sites (tertiary alicyclic amines) is 1. The van der Waals surface area contributed by atoms with Crippen molar-refractivity contribution in [1.82, 2.24) is 9.64 Å². The molecule has 0 bridgehead atoms. The molecule has 1 aromatic carbocycles. The van der Waals surface area contributed by atoms with E-state index in [1.165, 1.54) is 10.3 Å². The molecule has 2 heterocycles. The van der Waals surface area contributed by atoms with Crippen LogP contribution in [0.2, 0.25) is 0 Å². The first-order valence-corrected chi connectivity index (χ1v) is 9.03. The smallest absolute Gasteiger partial charge is 0.327 e. The van der Waals surface area contributed by atoms with Crippen molar-refractivity contribution in [3.63, 3.8) is 0 Å². The third-order valence-corrected chi connectivity index (χ3v) is 4.98. The average molecular weight is 342 g/mol. The molecule has 3 rings (SSSR count). The van der Waals surface area contributed by atoms with Crippen molar-refractivity contribution in [1.29, 1.82) is 0 Å². The molecule has 2 aromatic rings. The molecule has 1 fully saturated rings. The molecule has 0 saturated carbocycles. The summed E-state index contributed by atoms with van der Waals surface area (Å²) in [6, 6.07) is 10.2. The minimum atomic E-state index is -0.390. The average Bonchev–Trinajstić information content (AvgIpc) is 2.90. The van der Waals surface area contributed by atoms with Crippen LogP contribution >= 0.6 is 0 Å². The van der Waals surface area contributed by atoms with Crippen LogP contribution in [-0.4, -0.2) is 28.8 Å². The Bertz CT molecular complexity index is 781. The number of aromatic nitrogens is 1. The first kappa shape index (κ1) is 17.5. The second kappa shape index (κ2) is 7.30. The molecule has 0 radical (unpaired) electrons. The van der Waals surface area contributed by atoms with E-state index in [1.54, 1.807) is 11.8 Å². The van der Waals surface area contributed by atoms with Gasteiger partial charge in [-0.15, -0.1) is 4.74 Å². The highest BCUT2D eigenvalue weighted by Crippen LogP contribution is 2.28. The van der Waals surface area contributed by atoms with Crippen molar-refractivity contribution >= 4 is 6.03 Å². The molecule has 5 heteroatoms. The fraction of sp³-hybridized carbons (Fsp3) is 0.500. The zero-order chi connectivity index (χ0) is 18.0. The van der Waals surface area contributed by atoms with E-state index in [0.29, 0.717) is 42.6 Å². The van der Waals surface area contributed by atoms with Gasteiger partial charge in [-0.2, -0.15) is 0 Å². The van der Waals surface area contributed by atoms with Gasteiger partial charge < -0.3 is 9.42 Å². The number of hydrogen-bond donors (Lipinski definition) is 0. The summed E-state index contributed by atoms with van der Waals surface area (Å²) in [5, 5.41) is 0. The molecule has 0 aliphatic carbocycles. The Morgan fingerprint density at radius 1 is 1.20 bits per heavy atom. The number of amides is 1. The topological polar surface area (TPSA) is 55.5 Å². The van der Waals surface area contributed by atoms with Crippen molar-refractivity contribution in [2.24, 2.45) is 5.92 Å². The third-order valence-electron chi connectivity index (χ3n) is 4.98. The number of carbonyl (C=O) groups excluding carboxylic acids is 1. The molecular formula is C20H26N2O3. The Morgan fingerprint density at radius 2 is 1.84 bits per heavy atom. The van der Waals surface area contributed by atoms with E-state index >= 15 is 0 Å². The van der Waals surface area contributed by atoms with E-state index in [9.17, 15) is 9.59 Å². The predicted molar refractivity (Wildman–Crippen MR) is 97.0 cm³/mol. The maximum atomic E-state index is 12.8. The van der Waals surface area contributed by atoms with Gasteiger partial charge in [0.05, 0.1) is 11.3 Å². The lowest BCUT2D eigenvalue weighted by atomic mass is 9.90. The number of carbonyl (C=O) groups is 1. The van der Waals surface area contributed by atoms with Crippen LogP contribution in [0, 0.1) is 12.8 Å². The normalized spacial score (nSPS) is 15.8. The summed E-state index contributed by atoms with van der Waals surface area (Å²) in [6.45, 7) is 7.24. The summed E-state index contributed by atoms with van der Waals surface area (Å²) in [5.41, 5.74) is 2.19. The first-order chi connectivity index (χ1) is 12.0. The molecule has 1 amide bonds. The van der Waals surface area contributed by atoms with E-state index in [-0.39, 0.29) is 6.03 Å². The van der Waals surface area contributed by atoms with Crippen LogP contribution < -0.4 is 5.63 Å². The summed E-state index contributed by atoms with van der Waals surface area (Å²) in [7, 11) is 0. The minimum Gasteiger partial charge on any atom is -0.327 e. The Hall–Kier alpha value is -2.30. The Labute approximate surface area is 148 Å². The summed E-state index contributed by atoms with van der Waals surface area (Å²) >= 11 is 0. The summed E-state index contributed by atoms with van der Waals surface area (Å²) in [5.74, 6) is 0.827. The fourth-order valence-corrected chi connectivity index (χ4v) is 3.56. The van der Waals surface area contributed by atoms with E-state index in [1.807, 2.05) is 19.9 Å². The summed E-state index contributed by atoms with van der Waals surface area (Å²) in [4.78, 5) is 26.6. The van der Waals surface area contributed by atoms with Crippen LogP contribution in [0.15, 0.2) is 39.6 Å². The second-order valence-electron chi connectivity index (χ2n) is 7.29. The quantitative estimate of drug-likeness (QED) is 0.852. The monoisotopic (exact) mass is 342 g/mol. The Morgan fingerprint density at radius 3 is 2.44 bits per heavy atom. The van der Waals surface area contributed by atoms with Crippen LogP contribution in [0.3, 0.4) is 0 Å². The second-order valence-corrected chi connectivity index (χ2v) is 7.29. The maximum Gasteiger partial charge on any atom is 0.361 e. The number of nitrogens with zero attached hydrogens (tertiary/aromatic N) is 2. The predicted octanol–water partition coefficient (Wildman–Crippen LogP) is 3.80. The molecule has 0 atom stereocenters. The van der Waals surface area contributed by atoms with Gasteiger partial charge in [-0.1, -0.05) is 44.2 Å². The van der Waals surface area contributed by atoms with Crippen LogP contribution in [0.25, 0.3) is 0 Å². The van der Waals surface area contributed by atoms with Gasteiger partial charge in [-0.25, -0.2) is 9.59 Å². The standard InChI is InChI=1S/C20H26N2O3/c1-14(2)13-18-15(3)22(25-19(18)23)20(24)21-11-9-17(10-12-21)16-7-5-4-6-8-16/h4-8,14,17H,9-13H2,1-3H3. The van der Waals surface area contributed by atoms with Crippen molar-refractivity contribution in [2.45, 2.75) is 46.0 Å². The molecule has 0 unspecified atom stereocenters. The van der Waals surface area contributed by atoms with Crippen LogP contribution in [0.5, 0.6) is 0 Å². The molecule has 0 N–H and O–H groups in total. The van der Waals surface area contributed by atoms with Crippen molar-refractivity contribution in [3.8, 4) is 0 Å². The molecular weight excluding hydrogens is 316 g/mol. The van der Waals surface area contributed by atoms with Gasteiger partial charge in [0.25, 0.3) is 0 Å². The van der Waals surface area contributed by atoms with Gasteiger partial charge in [0, 0.05) is 13.1 Å². The molecule has 25 heavy (non-hydrogen) atoms. The Kier molecular flexibility index (Phi) is 5.11. The van der Waals surface area contributed by atoms with E-state index < -0.39 is 5.63 Å². The van der Waals surface area contributed by atoms with Gasteiger partial charge in [-0.3, -0.25) is 0 Å². The molecule has 134 valence electrons. The molecule has 1 saturated heterocycles. The molecule has 1 aromatic heterocycles. The zero-order valence-electron chi connectivity index (χ0n) is 15.2. The van der Waals surface area contributed by atoms with Gasteiger partial charge in [0.2, 0.25) is 0 Å². The largest absolute Gasteiger partial charge is 0.361 e. The van der Waals surface area contributed by atoms with E-state index in [4.69, 9.17) is 4.52 Å². The maximum absolute atomic E-state index is 12.8. The highest BCUT2D eigenvalue weighted by atomic mass is 16.5. The van der Waals surface area contributed by atoms with Gasteiger partial charge in [-0.05, 0) is 43.6 Å². The van der Waals surface area contributed by atoms with Gasteiger partial charge >= 0.3 is 11.7 Å². The first-order valence-electron chi connectivity index (χ1n) is 9.03. The lowest BCUT2D eigenvalue weighted by Gasteiger charge is -2.31. The van der Waals surface area contributed by atoms with Crippen LogP contribution in [0.4, 0.5) is 4.79 Å². The van der Waals surface area contributed by atoms with Crippen molar-refractivity contribution in [3.05, 3.63) is 57.6 Å². The number of piperidine rings is 1. The minimum absolute atomic E-state index is 0.226. The van der Waals surface area contributed by atoms with Gasteiger partial charge in [0.1, 0.15) is 0 Å². The highest BCUT2D eigenvalue weighted by molar-refractivity contribution is 5.76. The number of benzene rings is 1. The van der Waals surface area contributed by atoms with Crippen molar-refractivity contribution in [2.75, 3.05) is 13.1 Å². The lowest BCUT2D eigenvalue weighted by Crippen LogP contribution is -2.40. The lowest BCUT2D eigenvalue weighted by molar-refractivity contribution is 0.151. The summed E-state index contributed by atoms with van der Waals surface area (Å²) < 4.78 is 6.43. The van der Waals surface area contributed by atoms with Gasteiger partial charge in [0.15, 0.2) is 0 Å². The molecule has 1 aliphatic heterocycles. The third kappa shape index (κ3) is 3.70. The highest BCUT2D eigenvalue weighted by Gasteiger charge is 2.28. The van der Waals surface area contributed by atoms with Crippen molar-refractivity contribution < 1.29 is 9.32 Å². The number of hydrogen-bond acceptors (Lipinski definition) is 3. The molecule has 5 nitrogen and oxygen atoms in total. The fourth-order valence-electron chi connectivity index (χ4n) is 3.56. The van der Waals surface area contributed by atoms with Crippen LogP contribution in [0.1, 0.15) is 49.4 Å².